The molecule has 0 fully saturated rings. The van der Waals surface area contributed by atoms with Gasteiger partial charge in [0.25, 0.3) is 7.82 Å². The average Bonchev–Trinajstić information content (AvgIpc) is 3.26. The summed E-state index contributed by atoms with van der Waals surface area (Å²) in [5.74, 6) is -0.836. The zero-order chi connectivity index (χ0) is 47.8. The van der Waals surface area contributed by atoms with E-state index in [0.29, 0.717) is 17.4 Å². The van der Waals surface area contributed by atoms with E-state index >= 15 is 0 Å². The Balaban J connectivity index is 4.13. The third-order valence-corrected chi connectivity index (χ3v) is 13.2. The van der Waals surface area contributed by atoms with Crippen molar-refractivity contribution in [1.29, 1.82) is 0 Å². The lowest BCUT2D eigenvalue weighted by Gasteiger charge is -2.28. The molecule has 0 spiro atoms. The Hall–Kier alpha value is -1.51. The van der Waals surface area contributed by atoms with Crippen LogP contribution in [0.3, 0.4) is 0 Å². The number of phosphoric acid groups is 1. The molecule has 2 atom stereocenters. The van der Waals surface area contributed by atoms with Gasteiger partial charge in [-0.2, -0.15) is 0 Å². The van der Waals surface area contributed by atoms with Crippen LogP contribution in [0.1, 0.15) is 264 Å². The molecule has 0 aromatic carbocycles. The first-order valence-electron chi connectivity index (χ1n) is 27.5. The van der Waals surface area contributed by atoms with Gasteiger partial charge in [0.2, 0.25) is 0 Å². The summed E-state index contributed by atoms with van der Waals surface area (Å²) in [7, 11) is 1.17. The summed E-state index contributed by atoms with van der Waals surface area (Å²) < 4.78 is 34.1. The van der Waals surface area contributed by atoms with E-state index in [1.165, 1.54) is 173 Å². The van der Waals surface area contributed by atoms with Crippen molar-refractivity contribution in [2.24, 2.45) is 0 Å². The minimum atomic E-state index is -4.63. The van der Waals surface area contributed by atoms with E-state index in [4.69, 9.17) is 18.5 Å². The summed E-state index contributed by atoms with van der Waals surface area (Å²) >= 11 is 0. The Morgan fingerprint density at radius 2 is 0.831 bits per heavy atom. The minimum Gasteiger partial charge on any atom is -0.756 e. The molecule has 0 aliphatic heterocycles. The van der Waals surface area contributed by atoms with Crippen molar-refractivity contribution in [2.45, 2.75) is 270 Å². The van der Waals surface area contributed by atoms with Crippen molar-refractivity contribution >= 4 is 19.8 Å². The van der Waals surface area contributed by atoms with Crippen LogP contribution in [0, 0.1) is 0 Å². The molecule has 65 heavy (non-hydrogen) atoms. The third-order valence-electron chi connectivity index (χ3n) is 12.2. The van der Waals surface area contributed by atoms with E-state index in [9.17, 15) is 19.0 Å². The van der Waals surface area contributed by atoms with Gasteiger partial charge in [0.15, 0.2) is 6.10 Å². The number of esters is 2. The van der Waals surface area contributed by atoms with Crippen LogP contribution in [0.4, 0.5) is 0 Å². The van der Waals surface area contributed by atoms with Gasteiger partial charge in [0.05, 0.1) is 27.7 Å². The normalized spacial score (nSPS) is 13.5. The molecule has 10 heteroatoms. The zero-order valence-electron chi connectivity index (χ0n) is 43.5. The highest BCUT2D eigenvalue weighted by Gasteiger charge is 2.21. The predicted octanol–water partition coefficient (Wildman–Crippen LogP) is 16.0. The molecule has 0 aliphatic carbocycles. The second-order valence-corrected chi connectivity index (χ2v) is 21.4. The largest absolute Gasteiger partial charge is 0.756 e. The average molecular weight is 940 g/mol. The van der Waals surface area contributed by atoms with Crippen LogP contribution in [-0.4, -0.2) is 70.0 Å². The van der Waals surface area contributed by atoms with Crippen LogP contribution < -0.4 is 4.89 Å². The molecule has 9 nitrogen and oxygen atoms in total. The summed E-state index contributed by atoms with van der Waals surface area (Å²) in [6.45, 7) is 4.24. The molecule has 384 valence electrons. The third kappa shape index (κ3) is 51.7. The van der Waals surface area contributed by atoms with Crippen molar-refractivity contribution in [3.63, 3.8) is 0 Å². The molecule has 0 bridgehead atoms. The number of hydrogen-bond donors (Lipinski definition) is 0. The number of likely N-dealkylation sites (N-methyl/N-ethyl adjacent to an activating group) is 1. The fraction of sp³-hybridized carbons (Fsp3) is 0.891. The number of allylic oxidation sites excluding steroid dienone is 4. The van der Waals surface area contributed by atoms with Crippen molar-refractivity contribution in [1.82, 2.24) is 0 Å². The topological polar surface area (TPSA) is 111 Å². The van der Waals surface area contributed by atoms with Gasteiger partial charge in [-0.15, -0.1) is 0 Å². The fourth-order valence-corrected chi connectivity index (χ4v) is 8.65. The van der Waals surface area contributed by atoms with Gasteiger partial charge in [-0.05, 0) is 44.9 Å². The van der Waals surface area contributed by atoms with Crippen LogP contribution in [0.2, 0.25) is 0 Å². The van der Waals surface area contributed by atoms with Crippen molar-refractivity contribution in [2.75, 3.05) is 47.5 Å². The highest BCUT2D eigenvalue weighted by Crippen LogP contribution is 2.38. The van der Waals surface area contributed by atoms with Crippen LogP contribution in [0.5, 0.6) is 0 Å². The van der Waals surface area contributed by atoms with Crippen LogP contribution in [0.25, 0.3) is 0 Å². The van der Waals surface area contributed by atoms with Gasteiger partial charge >= 0.3 is 11.9 Å². The Labute approximate surface area is 402 Å². The number of quaternary nitrogens is 1. The van der Waals surface area contributed by atoms with Crippen LogP contribution >= 0.6 is 7.82 Å². The summed E-state index contributed by atoms with van der Waals surface area (Å²) in [5.41, 5.74) is 0. The standard InChI is InChI=1S/C55H106NO8P/c1-6-8-10-12-14-16-18-20-22-24-25-26-27-28-29-30-31-32-34-35-37-39-41-43-45-47-54(57)61-51-53(52-63-65(59,60)62-50-49-56(3,4)5)64-55(58)48-46-44-42-40-38-36-33-23-21-19-17-15-13-11-9-7-2/h17,19,23,33,53H,6-16,18,20-22,24-32,34-52H2,1-5H3/b19-17-,33-23-. The van der Waals surface area contributed by atoms with Gasteiger partial charge in [-0.1, -0.05) is 231 Å². The molecule has 0 amide bonds. The van der Waals surface area contributed by atoms with Crippen LogP contribution in [0.15, 0.2) is 24.3 Å². The second-order valence-electron chi connectivity index (χ2n) is 20.0. The summed E-state index contributed by atoms with van der Waals surface area (Å²) in [6, 6.07) is 0. The van der Waals surface area contributed by atoms with Gasteiger partial charge in [-0.3, -0.25) is 14.2 Å². The number of nitrogens with zero attached hydrogens (tertiary/aromatic N) is 1. The SMILES string of the molecule is CCCCCC/C=C\C/C=C\CCCCCCCC(=O)OC(COC(=O)CCCCCCCCCCCCCCCCCCCCCCCCCCC)COP(=O)([O-])OCC[N+](C)(C)C. The number of carbonyl (C=O) groups excluding carboxylic acids is 2. The molecule has 0 aromatic rings. The van der Waals surface area contributed by atoms with E-state index in [2.05, 4.69) is 38.2 Å². The summed E-state index contributed by atoms with van der Waals surface area (Å²) in [4.78, 5) is 37.8. The van der Waals surface area contributed by atoms with Gasteiger partial charge in [-0.25, -0.2) is 0 Å². The second kappa shape index (κ2) is 47.6. The number of rotatable bonds is 51. The molecule has 0 aliphatic rings. The summed E-state index contributed by atoms with van der Waals surface area (Å²) in [6.07, 6.45) is 55.1. The highest BCUT2D eigenvalue weighted by atomic mass is 31.2. The number of phosphoric ester groups is 1. The van der Waals surface area contributed by atoms with E-state index < -0.39 is 26.5 Å². The lowest BCUT2D eigenvalue weighted by molar-refractivity contribution is -0.870. The Morgan fingerprint density at radius 3 is 1.23 bits per heavy atom. The maximum Gasteiger partial charge on any atom is 0.306 e. The Morgan fingerprint density at radius 1 is 0.477 bits per heavy atom. The van der Waals surface area contributed by atoms with Gasteiger partial charge in [0.1, 0.15) is 19.8 Å². The van der Waals surface area contributed by atoms with E-state index in [1.807, 2.05) is 21.1 Å². The lowest BCUT2D eigenvalue weighted by Crippen LogP contribution is -2.37. The quantitative estimate of drug-likeness (QED) is 0.0195. The Bertz CT molecular complexity index is 1150. The molecule has 0 heterocycles. The first kappa shape index (κ1) is 63.5. The maximum atomic E-state index is 12.7. The molecule has 0 N–H and O–H groups in total. The number of unbranched alkanes of at least 4 members (excludes halogenated alkanes) is 33. The highest BCUT2D eigenvalue weighted by molar-refractivity contribution is 7.45. The first-order chi connectivity index (χ1) is 31.5. The number of ether oxygens (including phenoxy) is 2. The van der Waals surface area contributed by atoms with E-state index in [1.54, 1.807) is 0 Å². The number of carbonyl (C=O) groups is 2. The van der Waals surface area contributed by atoms with Gasteiger partial charge in [0, 0.05) is 12.8 Å². The van der Waals surface area contributed by atoms with E-state index in [0.717, 1.165) is 57.8 Å². The van der Waals surface area contributed by atoms with Crippen LogP contribution in [-0.2, 0) is 32.7 Å². The van der Waals surface area contributed by atoms with Gasteiger partial charge < -0.3 is 27.9 Å². The number of hydrogen-bond acceptors (Lipinski definition) is 8. The van der Waals surface area contributed by atoms with Crippen molar-refractivity contribution in [3.8, 4) is 0 Å². The Kier molecular flexibility index (Phi) is 46.4. The lowest BCUT2D eigenvalue weighted by atomic mass is 10.0. The molecular weight excluding hydrogens is 834 g/mol. The monoisotopic (exact) mass is 940 g/mol. The molecule has 0 saturated carbocycles. The molecular formula is C55H106NO8P. The maximum absolute atomic E-state index is 12.7. The molecule has 0 radical (unpaired) electrons. The van der Waals surface area contributed by atoms with Crippen molar-refractivity contribution < 1.29 is 42.1 Å². The smallest absolute Gasteiger partial charge is 0.306 e. The molecule has 0 aromatic heterocycles. The summed E-state index contributed by atoms with van der Waals surface area (Å²) in [5, 5.41) is 0. The minimum absolute atomic E-state index is 0.0315. The predicted molar refractivity (Wildman–Crippen MR) is 273 cm³/mol. The van der Waals surface area contributed by atoms with E-state index in [-0.39, 0.29) is 32.0 Å². The zero-order valence-corrected chi connectivity index (χ0v) is 44.3. The van der Waals surface area contributed by atoms with Crippen molar-refractivity contribution in [3.05, 3.63) is 24.3 Å². The molecule has 2 unspecified atom stereocenters. The fourth-order valence-electron chi connectivity index (χ4n) is 7.92. The first-order valence-corrected chi connectivity index (χ1v) is 29.0. The molecule has 0 saturated heterocycles. The molecule has 0 rings (SSSR count).